The van der Waals surface area contributed by atoms with Crippen LogP contribution in [0.4, 0.5) is 0 Å². The summed E-state index contributed by atoms with van der Waals surface area (Å²) >= 11 is 0. The highest BCUT2D eigenvalue weighted by Crippen LogP contribution is 2.40. The quantitative estimate of drug-likeness (QED) is 0.729. The summed E-state index contributed by atoms with van der Waals surface area (Å²) in [5.41, 5.74) is 0. The molecular weight excluding hydrogens is 198 g/mol. The SMILES string of the molecule is CCC1CC(CN2CCOCC2)CC1CC. The van der Waals surface area contributed by atoms with Crippen LogP contribution in [0.2, 0.25) is 0 Å². The first-order valence-corrected chi connectivity index (χ1v) is 7.13. The number of hydrogen-bond donors (Lipinski definition) is 0. The van der Waals surface area contributed by atoms with Gasteiger partial charge in [-0.1, -0.05) is 26.7 Å². The van der Waals surface area contributed by atoms with E-state index >= 15 is 0 Å². The fraction of sp³-hybridized carbons (Fsp3) is 1.00. The molecule has 16 heavy (non-hydrogen) atoms. The van der Waals surface area contributed by atoms with Crippen LogP contribution in [0.5, 0.6) is 0 Å². The van der Waals surface area contributed by atoms with Gasteiger partial charge in [0, 0.05) is 19.6 Å². The molecule has 0 N–H and O–H groups in total. The number of rotatable bonds is 4. The molecule has 2 unspecified atom stereocenters. The van der Waals surface area contributed by atoms with Crippen LogP contribution in [0.25, 0.3) is 0 Å². The second kappa shape index (κ2) is 6.02. The molecule has 0 radical (unpaired) electrons. The smallest absolute Gasteiger partial charge is 0.0594 e. The summed E-state index contributed by atoms with van der Waals surface area (Å²) in [4.78, 5) is 2.61. The Bertz CT molecular complexity index is 189. The second-order valence-corrected chi connectivity index (χ2v) is 5.59. The molecule has 0 spiro atoms. The van der Waals surface area contributed by atoms with Crippen molar-refractivity contribution >= 4 is 0 Å². The summed E-state index contributed by atoms with van der Waals surface area (Å²) in [7, 11) is 0. The minimum atomic E-state index is 0.946. The number of hydrogen-bond acceptors (Lipinski definition) is 2. The molecule has 2 nitrogen and oxygen atoms in total. The van der Waals surface area contributed by atoms with E-state index in [0.29, 0.717) is 0 Å². The van der Waals surface area contributed by atoms with Gasteiger partial charge in [-0.2, -0.15) is 0 Å². The van der Waals surface area contributed by atoms with Crippen molar-refractivity contribution in [2.24, 2.45) is 17.8 Å². The summed E-state index contributed by atoms with van der Waals surface area (Å²) in [5, 5.41) is 0. The standard InChI is InChI=1S/C14H27NO/c1-3-13-9-12(10-14(13)4-2)11-15-5-7-16-8-6-15/h12-14H,3-11H2,1-2H3. The Kier molecular flexibility index (Phi) is 4.66. The molecule has 0 aromatic carbocycles. The Balaban J connectivity index is 1.78. The van der Waals surface area contributed by atoms with E-state index in [1.54, 1.807) is 0 Å². The fourth-order valence-electron chi connectivity index (χ4n) is 3.64. The van der Waals surface area contributed by atoms with Crippen molar-refractivity contribution in [1.29, 1.82) is 0 Å². The zero-order valence-corrected chi connectivity index (χ0v) is 11.0. The molecule has 0 bridgehead atoms. The third kappa shape index (κ3) is 2.98. The zero-order valence-electron chi connectivity index (χ0n) is 11.0. The molecule has 2 heteroatoms. The predicted molar refractivity (Wildman–Crippen MR) is 67.5 cm³/mol. The summed E-state index contributed by atoms with van der Waals surface area (Å²) in [6.45, 7) is 10.3. The lowest BCUT2D eigenvalue weighted by atomic mass is 9.92. The predicted octanol–water partition coefficient (Wildman–Crippen LogP) is 2.78. The summed E-state index contributed by atoms with van der Waals surface area (Å²) in [5.74, 6) is 2.99. The van der Waals surface area contributed by atoms with Gasteiger partial charge in [-0.15, -0.1) is 0 Å². The minimum Gasteiger partial charge on any atom is -0.379 e. The Hall–Kier alpha value is -0.0800. The third-order valence-electron chi connectivity index (χ3n) is 4.61. The second-order valence-electron chi connectivity index (χ2n) is 5.59. The van der Waals surface area contributed by atoms with Gasteiger partial charge in [0.05, 0.1) is 13.2 Å². The van der Waals surface area contributed by atoms with Crippen molar-refractivity contribution in [2.45, 2.75) is 39.5 Å². The lowest BCUT2D eigenvalue weighted by Gasteiger charge is -2.29. The van der Waals surface area contributed by atoms with E-state index in [4.69, 9.17) is 4.74 Å². The van der Waals surface area contributed by atoms with Crippen LogP contribution in [0, 0.1) is 17.8 Å². The lowest BCUT2D eigenvalue weighted by Crippen LogP contribution is -2.39. The van der Waals surface area contributed by atoms with E-state index in [1.807, 2.05) is 0 Å². The van der Waals surface area contributed by atoms with Crippen LogP contribution in [-0.2, 0) is 4.74 Å². The van der Waals surface area contributed by atoms with Gasteiger partial charge < -0.3 is 4.74 Å². The lowest BCUT2D eigenvalue weighted by molar-refractivity contribution is 0.0306. The van der Waals surface area contributed by atoms with E-state index in [1.165, 1.54) is 32.2 Å². The van der Waals surface area contributed by atoms with Gasteiger partial charge in [0.1, 0.15) is 0 Å². The van der Waals surface area contributed by atoms with E-state index in [-0.39, 0.29) is 0 Å². The third-order valence-corrected chi connectivity index (χ3v) is 4.61. The maximum absolute atomic E-state index is 5.41. The van der Waals surface area contributed by atoms with Crippen molar-refractivity contribution in [2.75, 3.05) is 32.8 Å². The van der Waals surface area contributed by atoms with E-state index in [0.717, 1.165) is 44.1 Å². The summed E-state index contributed by atoms with van der Waals surface area (Å²) in [6, 6.07) is 0. The molecule has 0 aromatic heterocycles. The van der Waals surface area contributed by atoms with Crippen molar-refractivity contribution in [3.63, 3.8) is 0 Å². The monoisotopic (exact) mass is 225 g/mol. The molecule has 2 aliphatic rings. The average Bonchev–Trinajstić information content (AvgIpc) is 2.72. The van der Waals surface area contributed by atoms with Gasteiger partial charge in [0.15, 0.2) is 0 Å². The number of nitrogens with zero attached hydrogens (tertiary/aromatic N) is 1. The molecule has 2 fully saturated rings. The Morgan fingerprint density at radius 3 is 2.06 bits per heavy atom. The highest BCUT2D eigenvalue weighted by atomic mass is 16.5. The van der Waals surface area contributed by atoms with Crippen LogP contribution in [-0.4, -0.2) is 37.7 Å². The molecule has 0 aromatic rings. The first-order chi connectivity index (χ1) is 7.83. The number of morpholine rings is 1. The van der Waals surface area contributed by atoms with Crippen molar-refractivity contribution < 1.29 is 4.74 Å². The summed E-state index contributed by atoms with van der Waals surface area (Å²) in [6.07, 6.45) is 5.73. The highest BCUT2D eigenvalue weighted by molar-refractivity contribution is 4.84. The van der Waals surface area contributed by atoms with Gasteiger partial charge in [-0.25, -0.2) is 0 Å². The molecule has 2 atom stereocenters. The fourth-order valence-corrected chi connectivity index (χ4v) is 3.64. The highest BCUT2D eigenvalue weighted by Gasteiger charge is 2.32. The van der Waals surface area contributed by atoms with E-state index in [9.17, 15) is 0 Å². The van der Waals surface area contributed by atoms with Crippen molar-refractivity contribution in [1.82, 2.24) is 4.90 Å². The molecule has 1 saturated carbocycles. The maximum atomic E-state index is 5.41. The van der Waals surface area contributed by atoms with Gasteiger partial charge in [-0.3, -0.25) is 4.90 Å². The van der Waals surface area contributed by atoms with Crippen molar-refractivity contribution in [3.8, 4) is 0 Å². The van der Waals surface area contributed by atoms with Crippen LogP contribution in [0.1, 0.15) is 39.5 Å². The first-order valence-electron chi connectivity index (χ1n) is 7.13. The maximum Gasteiger partial charge on any atom is 0.0594 e. The Morgan fingerprint density at radius 1 is 1.00 bits per heavy atom. The Labute approximate surface area is 100 Å². The first kappa shape index (κ1) is 12.4. The van der Waals surface area contributed by atoms with Gasteiger partial charge in [-0.05, 0) is 30.6 Å². The van der Waals surface area contributed by atoms with Gasteiger partial charge in [0.25, 0.3) is 0 Å². The molecule has 1 saturated heterocycles. The van der Waals surface area contributed by atoms with Crippen molar-refractivity contribution in [3.05, 3.63) is 0 Å². The molecule has 2 rings (SSSR count). The normalized spacial score (nSPS) is 36.8. The van der Waals surface area contributed by atoms with Gasteiger partial charge in [0.2, 0.25) is 0 Å². The Morgan fingerprint density at radius 2 is 1.56 bits per heavy atom. The average molecular weight is 225 g/mol. The largest absolute Gasteiger partial charge is 0.379 e. The van der Waals surface area contributed by atoms with E-state index in [2.05, 4.69) is 18.7 Å². The van der Waals surface area contributed by atoms with Crippen LogP contribution in [0.3, 0.4) is 0 Å². The van der Waals surface area contributed by atoms with Crippen LogP contribution >= 0.6 is 0 Å². The summed E-state index contributed by atoms with van der Waals surface area (Å²) < 4.78 is 5.41. The van der Waals surface area contributed by atoms with Gasteiger partial charge >= 0.3 is 0 Å². The molecular formula is C14H27NO. The zero-order chi connectivity index (χ0) is 11.4. The molecule has 0 amide bonds. The molecule has 1 heterocycles. The van der Waals surface area contributed by atoms with Crippen LogP contribution in [0.15, 0.2) is 0 Å². The molecule has 94 valence electrons. The minimum absolute atomic E-state index is 0.946. The molecule has 1 aliphatic carbocycles. The van der Waals surface area contributed by atoms with Crippen LogP contribution < -0.4 is 0 Å². The number of ether oxygens (including phenoxy) is 1. The topological polar surface area (TPSA) is 12.5 Å². The molecule has 1 aliphatic heterocycles. The van der Waals surface area contributed by atoms with E-state index < -0.39 is 0 Å².